The maximum atomic E-state index is 10.7. The summed E-state index contributed by atoms with van der Waals surface area (Å²) in [5, 5.41) is 37.8. The van der Waals surface area contributed by atoms with Crippen LogP contribution in [0, 0.1) is 0 Å². The van der Waals surface area contributed by atoms with Crippen molar-refractivity contribution >= 4 is 43.1 Å². The minimum absolute atomic E-state index is 0. The number of carboxylic acid groups (broad SMARTS) is 2. The molecule has 0 spiro atoms. The van der Waals surface area contributed by atoms with Crippen molar-refractivity contribution in [1.29, 1.82) is 0 Å². The van der Waals surface area contributed by atoms with E-state index in [1.165, 1.54) is 0 Å². The van der Waals surface area contributed by atoms with Gasteiger partial charge in [-0.05, 0) is 0 Å². The molecule has 5 N–H and O–H groups in total. The number of hydrogen-bond acceptors (Lipinski definition) is 11. The summed E-state index contributed by atoms with van der Waals surface area (Å²) in [6, 6.07) is 0. The molecule has 0 radical (unpaired) electrons. The molecule has 0 atom stereocenters. The van der Waals surface area contributed by atoms with E-state index in [0.717, 1.165) is 0 Å². The van der Waals surface area contributed by atoms with Gasteiger partial charge in [-0.3, -0.25) is 19.2 Å². The first kappa shape index (κ1) is 32.1. The Morgan fingerprint density at radius 3 is 1.08 bits per heavy atom. The summed E-state index contributed by atoms with van der Waals surface area (Å²) < 4.78 is 7.39. The van der Waals surface area contributed by atoms with Crippen molar-refractivity contribution in [3.8, 4) is 0 Å². The molecule has 0 aromatic heterocycles. The molecule has 0 aromatic rings. The van der Waals surface area contributed by atoms with Gasteiger partial charge in [-0.25, -0.2) is 9.59 Å². The first-order valence-electron chi connectivity index (χ1n) is 4.93. The van der Waals surface area contributed by atoms with Crippen LogP contribution in [0.15, 0.2) is 0 Å². The van der Waals surface area contributed by atoms with Gasteiger partial charge < -0.3 is 37.6 Å². The van der Waals surface area contributed by atoms with Crippen LogP contribution in [-0.2, 0) is 38.2 Å². The Morgan fingerprint density at radius 1 is 0.708 bits per heavy atom. The zero-order chi connectivity index (χ0) is 17.9. The van der Waals surface area contributed by atoms with Crippen molar-refractivity contribution in [3.05, 3.63) is 0 Å². The first-order chi connectivity index (χ1) is 9.95. The first-order valence-corrected chi connectivity index (χ1v) is 4.93. The Hall–Kier alpha value is 0.438. The van der Waals surface area contributed by atoms with E-state index in [1.54, 1.807) is 0 Å². The van der Waals surface area contributed by atoms with Crippen LogP contribution < -0.4 is 103 Å². The summed E-state index contributed by atoms with van der Waals surface area (Å²) in [5.74, 6) is -10.1. The molecule has 0 saturated heterocycles. The standard InChI is InChI=1S/C8H6O10.BH3O3.2K.2H/c9-3(10)1-5(13)17-7(15)8(16)18-6(14)2-4(11)12;2-1(3)4;;;;/h1-2H2,(H,9,10)(H,11,12);2-4H;;;;/q;;2*+1;2*-1. The van der Waals surface area contributed by atoms with Crippen LogP contribution in [0.25, 0.3) is 0 Å². The monoisotopic (exact) mass is 404 g/mol. The topological polar surface area (TPSA) is 222 Å². The minimum atomic E-state index is -2.17. The zero-order valence-electron chi connectivity index (χ0n) is 14.5. The minimum Gasteiger partial charge on any atom is -1.00 e. The second kappa shape index (κ2) is 18.2. The maximum Gasteiger partial charge on any atom is 1.00 e. The van der Waals surface area contributed by atoms with E-state index >= 15 is 0 Å². The molecule has 0 bridgehead atoms. The van der Waals surface area contributed by atoms with Crippen LogP contribution in [0.4, 0.5) is 0 Å². The molecule has 24 heavy (non-hydrogen) atoms. The SMILES string of the molecule is O=C(O)CC(=O)OC(=O)C(=O)OC(=O)CC(=O)O.OB(O)O.[H-].[H-].[K+].[K+]. The molecular formula is C8H11BK2O13. The average molecular weight is 404 g/mol. The van der Waals surface area contributed by atoms with Crippen molar-refractivity contribution < 1.29 is 169 Å². The van der Waals surface area contributed by atoms with Crippen molar-refractivity contribution in [1.82, 2.24) is 0 Å². The van der Waals surface area contributed by atoms with E-state index in [4.69, 9.17) is 25.3 Å². The molecule has 0 aliphatic heterocycles. The number of ether oxygens (including phenoxy) is 2. The van der Waals surface area contributed by atoms with Crippen LogP contribution in [0.5, 0.6) is 0 Å². The summed E-state index contributed by atoms with van der Waals surface area (Å²) in [5.41, 5.74) is 0. The quantitative estimate of drug-likeness (QED) is 0.127. The van der Waals surface area contributed by atoms with Gasteiger partial charge in [0.2, 0.25) is 0 Å². The van der Waals surface area contributed by atoms with Crippen LogP contribution in [0.2, 0.25) is 0 Å². The Labute approximate surface area is 221 Å². The summed E-state index contributed by atoms with van der Waals surface area (Å²) in [7, 11) is -2.17. The van der Waals surface area contributed by atoms with Gasteiger partial charge in [0.25, 0.3) is 0 Å². The normalized spacial score (nSPS) is 7.96. The molecule has 0 rings (SSSR count). The van der Waals surface area contributed by atoms with E-state index in [0.29, 0.717) is 0 Å². The number of carbonyl (C=O) groups excluding carboxylic acids is 4. The van der Waals surface area contributed by atoms with Crippen LogP contribution in [0.1, 0.15) is 15.7 Å². The van der Waals surface area contributed by atoms with Crippen LogP contribution in [0.3, 0.4) is 0 Å². The second-order valence-electron chi connectivity index (χ2n) is 3.01. The smallest absolute Gasteiger partial charge is 1.00 e. The van der Waals surface area contributed by atoms with Crippen molar-refractivity contribution in [2.75, 3.05) is 0 Å². The van der Waals surface area contributed by atoms with Gasteiger partial charge in [0, 0.05) is 0 Å². The van der Waals surface area contributed by atoms with Gasteiger partial charge in [0.15, 0.2) is 0 Å². The number of carbonyl (C=O) groups is 6. The Morgan fingerprint density at radius 2 is 0.917 bits per heavy atom. The Kier molecular flexibility index (Phi) is 24.4. The fourth-order valence-electron chi connectivity index (χ4n) is 0.609. The van der Waals surface area contributed by atoms with Crippen molar-refractivity contribution in [2.24, 2.45) is 0 Å². The molecular weight excluding hydrogens is 393 g/mol. The zero-order valence-corrected chi connectivity index (χ0v) is 18.7. The van der Waals surface area contributed by atoms with Gasteiger partial charge in [-0.2, -0.15) is 0 Å². The van der Waals surface area contributed by atoms with Gasteiger partial charge in [0.1, 0.15) is 12.8 Å². The average Bonchev–Trinajstić information content (AvgIpc) is 2.24. The summed E-state index contributed by atoms with van der Waals surface area (Å²) in [6.45, 7) is 0. The Balaban J connectivity index is -0.000000113. The van der Waals surface area contributed by atoms with Gasteiger partial charge >= 0.3 is 146 Å². The second-order valence-corrected chi connectivity index (χ2v) is 3.01. The van der Waals surface area contributed by atoms with Crippen molar-refractivity contribution in [3.63, 3.8) is 0 Å². The van der Waals surface area contributed by atoms with Gasteiger partial charge in [-0.1, -0.05) is 0 Å². The molecule has 0 amide bonds. The molecule has 0 heterocycles. The largest absolute Gasteiger partial charge is 1.00 e. The van der Waals surface area contributed by atoms with Crippen LogP contribution in [-0.4, -0.2) is 68.4 Å². The van der Waals surface area contributed by atoms with Gasteiger partial charge in [0.05, 0.1) is 0 Å². The molecule has 0 fully saturated rings. The predicted molar refractivity (Wildman–Crippen MR) is 61.3 cm³/mol. The number of aliphatic carboxylic acids is 2. The Bertz CT molecular complexity index is 444. The maximum absolute atomic E-state index is 10.7. The van der Waals surface area contributed by atoms with Crippen molar-refractivity contribution in [2.45, 2.75) is 12.8 Å². The predicted octanol–water partition coefficient (Wildman–Crippen LogP) is -9.74. The third-order valence-corrected chi connectivity index (χ3v) is 1.17. The van der Waals surface area contributed by atoms with E-state index in [2.05, 4.69) is 9.47 Å². The summed E-state index contributed by atoms with van der Waals surface area (Å²) in [4.78, 5) is 62.8. The summed E-state index contributed by atoms with van der Waals surface area (Å²) >= 11 is 0. The fourth-order valence-corrected chi connectivity index (χ4v) is 0.609. The molecule has 13 nitrogen and oxygen atoms in total. The molecule has 0 aromatic carbocycles. The van der Waals surface area contributed by atoms with E-state index in [9.17, 15) is 28.8 Å². The number of carboxylic acids is 2. The molecule has 0 unspecified atom stereocenters. The van der Waals surface area contributed by atoms with Gasteiger partial charge in [-0.15, -0.1) is 0 Å². The third-order valence-electron chi connectivity index (χ3n) is 1.17. The molecule has 0 aliphatic rings. The number of hydrogen-bond donors (Lipinski definition) is 5. The molecule has 0 saturated carbocycles. The van der Waals surface area contributed by atoms with E-state index < -0.39 is 56.0 Å². The van der Waals surface area contributed by atoms with E-state index in [-0.39, 0.29) is 106 Å². The van der Waals surface area contributed by atoms with Crippen LogP contribution >= 0.6 is 0 Å². The fraction of sp³-hybridized carbons (Fsp3) is 0.250. The summed E-state index contributed by atoms with van der Waals surface area (Å²) in [6.07, 6.45) is -2.33. The number of esters is 4. The van der Waals surface area contributed by atoms with E-state index in [1.807, 2.05) is 0 Å². The molecule has 16 heteroatoms. The number of rotatable bonds is 4. The molecule has 0 aliphatic carbocycles. The third kappa shape index (κ3) is 24.7. The molecule has 126 valence electrons.